The van der Waals surface area contributed by atoms with Gasteiger partial charge in [0.05, 0.1) is 36.6 Å². The molecule has 2 saturated carbocycles. The predicted molar refractivity (Wildman–Crippen MR) is 121 cm³/mol. The molecule has 212 valence electrons. The fraction of sp³-hybridized carbons (Fsp3) is 0.917. The molecule has 0 aromatic heterocycles. The first kappa shape index (κ1) is 28.6. The number of rotatable bonds is 7. The van der Waals surface area contributed by atoms with Crippen LogP contribution >= 0.6 is 0 Å². The number of carboxylic acid groups (broad SMARTS) is 1. The third kappa shape index (κ3) is 6.78. The van der Waals surface area contributed by atoms with Crippen LogP contribution < -0.4 is 0 Å². The third-order valence-electron chi connectivity index (χ3n) is 8.08. The Morgan fingerprint density at radius 3 is 2.19 bits per heavy atom. The molecule has 2 aliphatic heterocycles. The summed E-state index contributed by atoms with van der Waals surface area (Å²) in [5.74, 6) is -2.76. The molecule has 4 rings (SSSR count). The van der Waals surface area contributed by atoms with Crippen LogP contribution in [-0.4, -0.2) is 122 Å². The van der Waals surface area contributed by atoms with Crippen molar-refractivity contribution in [2.45, 2.75) is 119 Å². The largest absolute Gasteiger partial charge is 0.481 e. The molecule has 0 radical (unpaired) electrons. The Bertz CT molecular complexity index is 787. The van der Waals surface area contributed by atoms with Gasteiger partial charge in [0.2, 0.25) is 0 Å². The van der Waals surface area contributed by atoms with E-state index in [9.17, 15) is 40.2 Å². The summed E-state index contributed by atoms with van der Waals surface area (Å²) in [5.41, 5.74) is 0. The molecule has 0 aromatic rings. The average Bonchev–Trinajstić information content (AvgIpc) is 2.83. The highest BCUT2D eigenvalue weighted by Crippen LogP contribution is 2.43. The molecule has 7 N–H and O–H groups in total. The number of aliphatic hydroxyl groups is 6. The van der Waals surface area contributed by atoms with Gasteiger partial charge in [-0.25, -0.2) is 0 Å². The Morgan fingerprint density at radius 1 is 0.811 bits per heavy atom. The van der Waals surface area contributed by atoms with E-state index < -0.39 is 86.2 Å². The van der Waals surface area contributed by atoms with Gasteiger partial charge < -0.3 is 54.7 Å². The van der Waals surface area contributed by atoms with Crippen LogP contribution in [-0.2, 0) is 28.5 Å². The molecule has 11 atom stereocenters. The lowest BCUT2D eigenvalue weighted by atomic mass is 9.73. The van der Waals surface area contributed by atoms with Crippen LogP contribution in [0, 0.1) is 11.8 Å². The van der Waals surface area contributed by atoms with E-state index in [-0.39, 0.29) is 24.4 Å². The lowest BCUT2D eigenvalue weighted by Crippen LogP contribution is -2.62. The lowest BCUT2D eigenvalue weighted by Gasteiger charge is -2.51. The van der Waals surface area contributed by atoms with Crippen molar-refractivity contribution in [2.24, 2.45) is 11.8 Å². The van der Waals surface area contributed by atoms with Crippen molar-refractivity contribution in [2.75, 3.05) is 6.61 Å². The van der Waals surface area contributed by atoms with Crippen LogP contribution in [0.4, 0.5) is 0 Å². The summed E-state index contributed by atoms with van der Waals surface area (Å²) in [6.45, 7) is -0.566. The Hall–Kier alpha value is -1.42. The first-order chi connectivity index (χ1) is 17.5. The Balaban J connectivity index is 1.47. The maximum atomic E-state index is 11.6. The topological polar surface area (TPSA) is 213 Å². The third-order valence-corrected chi connectivity index (χ3v) is 8.08. The number of aliphatic hydroxyl groups excluding tert-OH is 6. The average molecular weight is 535 g/mol. The lowest BCUT2D eigenvalue weighted by molar-refractivity contribution is -0.333. The van der Waals surface area contributed by atoms with E-state index in [1.807, 2.05) is 0 Å². The number of hydrogen-bond acceptors (Lipinski definition) is 12. The van der Waals surface area contributed by atoms with Crippen LogP contribution in [0.25, 0.3) is 0 Å². The minimum absolute atomic E-state index is 0.00887. The van der Waals surface area contributed by atoms with E-state index in [4.69, 9.17) is 24.1 Å². The quantitative estimate of drug-likeness (QED) is 0.140. The van der Waals surface area contributed by atoms with Crippen molar-refractivity contribution in [3.63, 3.8) is 0 Å². The van der Waals surface area contributed by atoms with Crippen molar-refractivity contribution >= 4 is 11.9 Å². The summed E-state index contributed by atoms with van der Waals surface area (Å²) in [4.78, 5) is 22.3. The number of carbonyl (C=O) groups is 2. The summed E-state index contributed by atoms with van der Waals surface area (Å²) < 4.78 is 23.0. The van der Waals surface area contributed by atoms with Gasteiger partial charge in [-0.2, -0.15) is 0 Å². The van der Waals surface area contributed by atoms with Gasteiger partial charge in [0.15, 0.2) is 6.29 Å². The van der Waals surface area contributed by atoms with E-state index >= 15 is 0 Å². The Labute approximate surface area is 213 Å². The molecule has 11 unspecified atom stereocenters. The van der Waals surface area contributed by atoms with Crippen LogP contribution in [0.5, 0.6) is 0 Å². The maximum absolute atomic E-state index is 11.6. The standard InChI is InChI=1S/C24H38O13/c25-11-3-1-10(2-4-11)23-16(7-13-14(27)5-12(26)6-15(13)35-23)36-24-22(33)21(32)20(31)17(37-24)9-34-19(30)8-18(28)29/h10-17,20-27,31-33H,1-9H2,(H,28,29). The van der Waals surface area contributed by atoms with Crippen LogP contribution in [0.15, 0.2) is 0 Å². The molecule has 0 spiro atoms. The van der Waals surface area contributed by atoms with E-state index in [0.717, 1.165) is 0 Å². The van der Waals surface area contributed by atoms with Gasteiger partial charge in [0.25, 0.3) is 0 Å². The van der Waals surface area contributed by atoms with Gasteiger partial charge >= 0.3 is 11.9 Å². The summed E-state index contributed by atoms with van der Waals surface area (Å²) in [6, 6.07) is 0. The second kappa shape index (κ2) is 12.2. The highest BCUT2D eigenvalue weighted by molar-refractivity contribution is 5.90. The fourth-order valence-electron chi connectivity index (χ4n) is 6.06. The highest BCUT2D eigenvalue weighted by Gasteiger charge is 2.51. The second-order valence-corrected chi connectivity index (χ2v) is 10.7. The molecule has 0 aromatic carbocycles. The molecule has 0 amide bonds. The summed E-state index contributed by atoms with van der Waals surface area (Å²) in [7, 11) is 0. The zero-order valence-corrected chi connectivity index (χ0v) is 20.4. The van der Waals surface area contributed by atoms with Crippen LogP contribution in [0.2, 0.25) is 0 Å². The summed E-state index contributed by atoms with van der Waals surface area (Å²) in [5, 5.41) is 70.8. The van der Waals surface area contributed by atoms with E-state index in [1.165, 1.54) is 0 Å². The smallest absolute Gasteiger partial charge is 0.317 e. The number of ether oxygens (including phenoxy) is 4. The number of aliphatic carboxylic acids is 1. The maximum Gasteiger partial charge on any atom is 0.317 e. The number of carboxylic acids is 1. The molecule has 13 heteroatoms. The molecule has 37 heavy (non-hydrogen) atoms. The van der Waals surface area contributed by atoms with E-state index in [2.05, 4.69) is 0 Å². The van der Waals surface area contributed by atoms with Gasteiger partial charge in [-0.3, -0.25) is 9.59 Å². The van der Waals surface area contributed by atoms with Crippen LogP contribution in [0.1, 0.15) is 51.4 Å². The summed E-state index contributed by atoms with van der Waals surface area (Å²) in [6.07, 6.45) is -8.60. The molecule has 2 heterocycles. The number of fused-ring (bicyclic) bond motifs is 1. The molecular weight excluding hydrogens is 496 g/mol. The minimum Gasteiger partial charge on any atom is -0.481 e. The monoisotopic (exact) mass is 534 g/mol. The van der Waals surface area contributed by atoms with Crippen molar-refractivity contribution < 1.29 is 64.3 Å². The SMILES string of the molecule is O=C(O)CC(=O)OCC1OC(OC2CC3C(O)CC(O)CC3OC2C2CCC(O)CC2)C(O)C(O)C1O. The molecular formula is C24H38O13. The molecule has 4 aliphatic rings. The number of hydrogen-bond donors (Lipinski definition) is 7. The van der Waals surface area contributed by atoms with Gasteiger partial charge in [-0.1, -0.05) is 0 Å². The van der Waals surface area contributed by atoms with E-state index in [0.29, 0.717) is 38.5 Å². The minimum atomic E-state index is -1.70. The predicted octanol–water partition coefficient (Wildman–Crippen LogP) is -1.96. The van der Waals surface area contributed by atoms with Gasteiger partial charge in [0.1, 0.15) is 37.4 Å². The van der Waals surface area contributed by atoms with Crippen molar-refractivity contribution in [3.8, 4) is 0 Å². The fourth-order valence-corrected chi connectivity index (χ4v) is 6.06. The zero-order chi connectivity index (χ0) is 26.9. The number of carbonyl (C=O) groups excluding carboxylic acids is 1. The first-order valence-electron chi connectivity index (χ1n) is 13.0. The molecule has 4 fully saturated rings. The zero-order valence-electron chi connectivity index (χ0n) is 20.4. The Kier molecular flexibility index (Phi) is 9.41. The van der Waals surface area contributed by atoms with Crippen molar-refractivity contribution in [3.05, 3.63) is 0 Å². The second-order valence-electron chi connectivity index (χ2n) is 10.7. The van der Waals surface area contributed by atoms with Gasteiger partial charge in [-0.15, -0.1) is 0 Å². The summed E-state index contributed by atoms with van der Waals surface area (Å²) >= 11 is 0. The van der Waals surface area contributed by atoms with Crippen LogP contribution in [0.3, 0.4) is 0 Å². The molecule has 2 saturated heterocycles. The first-order valence-corrected chi connectivity index (χ1v) is 13.0. The molecule has 2 aliphatic carbocycles. The van der Waals surface area contributed by atoms with E-state index in [1.54, 1.807) is 0 Å². The highest BCUT2D eigenvalue weighted by atomic mass is 16.7. The Morgan fingerprint density at radius 2 is 1.51 bits per heavy atom. The van der Waals surface area contributed by atoms with Crippen molar-refractivity contribution in [1.82, 2.24) is 0 Å². The van der Waals surface area contributed by atoms with Crippen molar-refractivity contribution in [1.29, 1.82) is 0 Å². The van der Waals surface area contributed by atoms with Gasteiger partial charge in [-0.05, 0) is 50.9 Å². The molecule has 13 nitrogen and oxygen atoms in total. The normalized spacial score (nSPS) is 46.6. The number of esters is 1. The molecule has 0 bridgehead atoms. The van der Waals surface area contributed by atoms with Gasteiger partial charge in [0, 0.05) is 5.92 Å².